The van der Waals surface area contributed by atoms with Crippen LogP contribution < -0.4 is 5.73 Å². The van der Waals surface area contributed by atoms with Gasteiger partial charge in [-0.25, -0.2) is 0 Å². The summed E-state index contributed by atoms with van der Waals surface area (Å²) in [5, 5.41) is 0. The van der Waals surface area contributed by atoms with Crippen molar-refractivity contribution in [1.29, 1.82) is 0 Å². The van der Waals surface area contributed by atoms with E-state index in [-0.39, 0.29) is 17.9 Å². The zero-order valence-corrected chi connectivity index (χ0v) is 12.1. The van der Waals surface area contributed by atoms with Gasteiger partial charge in [0.25, 0.3) is 0 Å². The van der Waals surface area contributed by atoms with Crippen LogP contribution >= 0.6 is 0 Å². The largest absolute Gasteiger partial charge is 0.327 e. The van der Waals surface area contributed by atoms with Crippen molar-refractivity contribution in [2.75, 3.05) is 0 Å². The third-order valence-electron chi connectivity index (χ3n) is 3.73. The SMILES string of the molecule is C=CC(C(C)N)C(C)(C)C(=O)C(C)CCCC. The maximum atomic E-state index is 12.5. The summed E-state index contributed by atoms with van der Waals surface area (Å²) in [4.78, 5) is 12.5. The molecule has 0 rings (SSSR count). The lowest BCUT2D eigenvalue weighted by Crippen LogP contribution is -2.43. The molecule has 0 saturated heterocycles. The molecule has 2 N–H and O–H groups in total. The van der Waals surface area contributed by atoms with Gasteiger partial charge in [0, 0.05) is 23.3 Å². The van der Waals surface area contributed by atoms with E-state index in [0.717, 1.165) is 19.3 Å². The number of ketones is 1. The van der Waals surface area contributed by atoms with Gasteiger partial charge in [-0.2, -0.15) is 0 Å². The quantitative estimate of drug-likeness (QED) is 0.658. The third kappa shape index (κ3) is 4.27. The third-order valence-corrected chi connectivity index (χ3v) is 3.73. The lowest BCUT2D eigenvalue weighted by atomic mass is 9.69. The molecule has 0 spiro atoms. The van der Waals surface area contributed by atoms with Gasteiger partial charge in [0.1, 0.15) is 5.78 Å². The van der Waals surface area contributed by atoms with Crippen LogP contribution in [0.1, 0.15) is 53.9 Å². The van der Waals surface area contributed by atoms with E-state index in [0.29, 0.717) is 5.78 Å². The number of unbranched alkanes of at least 4 members (excludes halogenated alkanes) is 1. The lowest BCUT2D eigenvalue weighted by molar-refractivity contribution is -0.133. The fourth-order valence-corrected chi connectivity index (χ4v) is 2.61. The lowest BCUT2D eigenvalue weighted by Gasteiger charge is -2.35. The van der Waals surface area contributed by atoms with Gasteiger partial charge in [-0.15, -0.1) is 6.58 Å². The molecule has 0 aliphatic rings. The van der Waals surface area contributed by atoms with Crippen molar-refractivity contribution in [3.05, 3.63) is 12.7 Å². The van der Waals surface area contributed by atoms with Gasteiger partial charge in [0.15, 0.2) is 0 Å². The molecule has 0 aromatic heterocycles. The first kappa shape index (κ1) is 16.4. The van der Waals surface area contributed by atoms with Gasteiger partial charge in [-0.05, 0) is 13.3 Å². The molecule has 0 aromatic rings. The van der Waals surface area contributed by atoms with Crippen LogP contribution in [0.4, 0.5) is 0 Å². The van der Waals surface area contributed by atoms with Crippen LogP contribution in [0.25, 0.3) is 0 Å². The van der Waals surface area contributed by atoms with Crippen molar-refractivity contribution in [2.45, 2.75) is 59.9 Å². The van der Waals surface area contributed by atoms with Crippen molar-refractivity contribution in [2.24, 2.45) is 23.0 Å². The van der Waals surface area contributed by atoms with Crippen LogP contribution in [0.15, 0.2) is 12.7 Å². The first-order valence-electron chi connectivity index (χ1n) is 6.71. The van der Waals surface area contributed by atoms with E-state index >= 15 is 0 Å². The highest BCUT2D eigenvalue weighted by Gasteiger charge is 2.38. The summed E-state index contributed by atoms with van der Waals surface area (Å²) in [5.74, 6) is 0.471. The maximum Gasteiger partial charge on any atom is 0.141 e. The molecule has 0 amide bonds. The normalized spacial score (nSPS) is 17.3. The summed E-state index contributed by atoms with van der Waals surface area (Å²) in [6, 6.07) is -0.0372. The number of carbonyl (C=O) groups excluding carboxylic acids is 1. The highest BCUT2D eigenvalue weighted by molar-refractivity contribution is 5.86. The van der Waals surface area contributed by atoms with Crippen LogP contribution in [0.3, 0.4) is 0 Å². The van der Waals surface area contributed by atoms with E-state index in [9.17, 15) is 4.79 Å². The highest BCUT2D eigenvalue weighted by atomic mass is 16.1. The Hall–Kier alpha value is -0.630. The minimum Gasteiger partial charge on any atom is -0.327 e. The number of nitrogens with two attached hydrogens (primary N) is 1. The zero-order chi connectivity index (χ0) is 13.6. The van der Waals surface area contributed by atoms with E-state index < -0.39 is 5.41 Å². The van der Waals surface area contributed by atoms with Gasteiger partial charge in [0.2, 0.25) is 0 Å². The molecule has 3 unspecified atom stereocenters. The van der Waals surface area contributed by atoms with Crippen molar-refractivity contribution >= 4 is 5.78 Å². The summed E-state index contributed by atoms with van der Waals surface area (Å²) in [6.07, 6.45) is 5.05. The summed E-state index contributed by atoms with van der Waals surface area (Å²) in [7, 11) is 0. The average molecular weight is 239 g/mol. The molecular formula is C15H29NO. The molecule has 0 radical (unpaired) electrons. The van der Waals surface area contributed by atoms with Gasteiger partial charge < -0.3 is 5.73 Å². The van der Waals surface area contributed by atoms with Crippen molar-refractivity contribution in [3.63, 3.8) is 0 Å². The smallest absolute Gasteiger partial charge is 0.141 e. The van der Waals surface area contributed by atoms with Crippen LogP contribution in [0.2, 0.25) is 0 Å². The van der Waals surface area contributed by atoms with Gasteiger partial charge in [-0.3, -0.25) is 4.79 Å². The van der Waals surface area contributed by atoms with Gasteiger partial charge in [-0.1, -0.05) is 46.6 Å². The molecule has 0 saturated carbocycles. The molecule has 17 heavy (non-hydrogen) atoms. The Balaban J connectivity index is 4.78. The molecular weight excluding hydrogens is 210 g/mol. The van der Waals surface area contributed by atoms with Crippen LogP contribution in [0.5, 0.6) is 0 Å². The minimum absolute atomic E-state index is 0.0372. The number of Topliss-reactive ketones (excluding diaryl/α,β-unsaturated/α-hetero) is 1. The van der Waals surface area contributed by atoms with E-state index in [1.165, 1.54) is 0 Å². The number of rotatable bonds is 8. The van der Waals surface area contributed by atoms with Gasteiger partial charge >= 0.3 is 0 Å². The molecule has 0 heterocycles. The van der Waals surface area contributed by atoms with E-state index in [2.05, 4.69) is 13.5 Å². The fourth-order valence-electron chi connectivity index (χ4n) is 2.61. The Bertz CT molecular complexity index is 256. The summed E-state index contributed by atoms with van der Waals surface area (Å²) in [5.41, 5.74) is 5.53. The molecule has 3 atom stereocenters. The zero-order valence-electron chi connectivity index (χ0n) is 12.1. The second-order valence-electron chi connectivity index (χ2n) is 5.75. The predicted octanol–water partition coefficient (Wildman–Crippen LogP) is 3.56. The van der Waals surface area contributed by atoms with Crippen LogP contribution in [-0.2, 0) is 4.79 Å². The molecule has 0 bridgehead atoms. The minimum atomic E-state index is -0.414. The molecule has 0 aliphatic carbocycles. The van der Waals surface area contributed by atoms with E-state index in [4.69, 9.17) is 5.73 Å². The first-order chi connectivity index (χ1) is 7.78. The Labute approximate surface area is 107 Å². The number of hydrogen-bond donors (Lipinski definition) is 1. The first-order valence-corrected chi connectivity index (χ1v) is 6.71. The van der Waals surface area contributed by atoms with E-state index in [1.807, 2.05) is 33.8 Å². The standard InChI is InChI=1S/C15H29NO/c1-7-9-10-11(3)14(17)15(5,6)13(8-2)12(4)16/h8,11-13H,2,7,9-10,16H2,1,3-6H3. The highest BCUT2D eigenvalue weighted by Crippen LogP contribution is 2.34. The van der Waals surface area contributed by atoms with Crippen molar-refractivity contribution < 1.29 is 4.79 Å². The number of carbonyl (C=O) groups is 1. The summed E-state index contributed by atoms with van der Waals surface area (Å²) < 4.78 is 0. The Morgan fingerprint density at radius 1 is 1.41 bits per heavy atom. The summed E-state index contributed by atoms with van der Waals surface area (Å²) in [6.45, 7) is 13.9. The Morgan fingerprint density at radius 2 is 1.94 bits per heavy atom. The van der Waals surface area contributed by atoms with Crippen molar-refractivity contribution in [1.82, 2.24) is 0 Å². The second-order valence-corrected chi connectivity index (χ2v) is 5.75. The van der Waals surface area contributed by atoms with Crippen LogP contribution in [0, 0.1) is 17.3 Å². The monoisotopic (exact) mass is 239 g/mol. The molecule has 0 fully saturated rings. The Morgan fingerprint density at radius 3 is 2.29 bits per heavy atom. The molecule has 2 heteroatoms. The molecule has 100 valence electrons. The fraction of sp³-hybridized carbons (Fsp3) is 0.800. The van der Waals surface area contributed by atoms with Gasteiger partial charge in [0.05, 0.1) is 0 Å². The Kier molecular flexibility index (Phi) is 6.69. The molecule has 0 aliphatic heterocycles. The molecule has 2 nitrogen and oxygen atoms in total. The second kappa shape index (κ2) is 6.95. The average Bonchev–Trinajstić information content (AvgIpc) is 2.24. The summed E-state index contributed by atoms with van der Waals surface area (Å²) >= 11 is 0. The maximum absolute atomic E-state index is 12.5. The van der Waals surface area contributed by atoms with Crippen LogP contribution in [-0.4, -0.2) is 11.8 Å². The van der Waals surface area contributed by atoms with Crippen molar-refractivity contribution in [3.8, 4) is 0 Å². The molecule has 0 aromatic carbocycles. The number of hydrogen-bond acceptors (Lipinski definition) is 2. The predicted molar refractivity (Wildman–Crippen MR) is 74.8 cm³/mol. The topological polar surface area (TPSA) is 43.1 Å². The van der Waals surface area contributed by atoms with E-state index in [1.54, 1.807) is 0 Å².